The lowest BCUT2D eigenvalue weighted by Gasteiger charge is -2.27. The highest BCUT2D eigenvalue weighted by Crippen LogP contribution is 2.58. The minimum atomic E-state index is -1.95. The number of methoxy groups -OCH3 is 3. The lowest BCUT2D eigenvalue weighted by atomic mass is 9.78. The highest BCUT2D eigenvalue weighted by atomic mass is 80.9. The van der Waals surface area contributed by atoms with Crippen LogP contribution in [-0.4, -0.2) is 82.2 Å². The Balaban J connectivity index is 0.000000149. The van der Waals surface area contributed by atoms with E-state index in [1.807, 2.05) is 13.0 Å². The molecule has 0 amide bonds. The summed E-state index contributed by atoms with van der Waals surface area (Å²) in [7, 11) is 3.39. The Morgan fingerprint density at radius 3 is 1.09 bits per heavy atom. The van der Waals surface area contributed by atoms with Crippen molar-refractivity contribution in [3.63, 3.8) is 0 Å². The van der Waals surface area contributed by atoms with Crippen LogP contribution in [0.3, 0.4) is 0 Å². The van der Waals surface area contributed by atoms with E-state index in [0.29, 0.717) is 67.2 Å². The Morgan fingerprint density at radius 2 is 0.718 bits per heavy atom. The third-order valence-electron chi connectivity index (χ3n) is 24.7. The normalized spacial score (nSPS) is 17.5. The van der Waals surface area contributed by atoms with Crippen molar-refractivity contribution in [3.8, 4) is 34.5 Å². The summed E-state index contributed by atoms with van der Waals surface area (Å²) in [5.41, 5.74) is -16.7. The van der Waals surface area contributed by atoms with Gasteiger partial charge in [0.1, 0.15) is 68.0 Å². The van der Waals surface area contributed by atoms with Gasteiger partial charge in [0, 0.05) is 90.1 Å². The number of nitrogens with one attached hydrogen (secondary N) is 3. The first-order chi connectivity index (χ1) is 58.7. The number of aliphatic hydroxyl groups is 6. The average molecular weight is 1880 g/mol. The molecule has 3 aromatic carbocycles. The molecule has 0 saturated heterocycles. The standard InChI is InChI=1S/C30H24BrNO9.C30H25NO9.C30H21NO9.CH4.Br2/c1-3-4-5-6-11-9-13-16(29(40)32-11)26(37)21-12(22(13)31)7-8-30(21)27(38)19-20(28(30)39)25(36)18-17(24(19)35)14(33)10-15(41-2)23(18)34;2*1-3-4-5-6-14-10-13-9-12-7-8-30(22(12)26(36)17(13)29(39)31-14)27(37)20-21(28(30)38)25(35)19-18(24(20)34)15(32)11-16(40-2)23(19)33;;1-2/h9-10,37-39H,3-8H2,1-2H3,(H,32,40);9-11,36-38H,3-8H2,1-2H3,(H,31,39);3-6,9-11,36-38H,7-8H2,1-2H3,(H,31,39);1H4;/b;;4-3+,6-5+;;. The van der Waals surface area contributed by atoms with Gasteiger partial charge >= 0.3 is 0 Å². The Bertz CT molecular complexity index is 8510. The summed E-state index contributed by atoms with van der Waals surface area (Å²) in [6.45, 7) is 5.99. The fourth-order valence-electron chi connectivity index (χ4n) is 19.2. The zero-order valence-corrected chi connectivity index (χ0v) is 70.6. The predicted molar refractivity (Wildman–Crippen MR) is 472 cm³/mol. The summed E-state index contributed by atoms with van der Waals surface area (Å²) in [5, 5.41) is 96.6. The van der Waals surface area contributed by atoms with Gasteiger partial charge in [0.25, 0.3) is 16.7 Å². The number of aromatic amines is 3. The number of rotatable bonds is 13. The predicted octanol–water partition coefficient (Wildman–Crippen LogP) is 3.69. The van der Waals surface area contributed by atoms with Crippen molar-refractivity contribution in [2.24, 2.45) is 0 Å². The lowest BCUT2D eigenvalue weighted by Crippen LogP contribution is -2.51. The zero-order chi connectivity index (χ0) is 88.9. The van der Waals surface area contributed by atoms with Gasteiger partial charge in [-0.15, -0.1) is 0 Å². The maximum atomic E-state index is 13.6. The molecule has 636 valence electrons. The van der Waals surface area contributed by atoms with E-state index in [-0.39, 0.29) is 78.8 Å². The van der Waals surface area contributed by atoms with Crippen LogP contribution in [0.4, 0.5) is 0 Å². The average Bonchev–Trinajstić information content (AvgIpc) is 1.52. The van der Waals surface area contributed by atoms with E-state index in [9.17, 15) is 118 Å². The van der Waals surface area contributed by atoms with Gasteiger partial charge in [-0.3, -0.25) is 71.9 Å². The van der Waals surface area contributed by atoms with E-state index in [1.54, 1.807) is 48.6 Å². The minimum absolute atomic E-state index is 0. The van der Waals surface area contributed by atoms with Crippen LogP contribution < -0.4 is 127 Å². The largest absolute Gasteiger partial charge is 0.510 e. The SMILES string of the molecule is BrBr.C.C/C=C/C=C/c1cc2cc3c(c(O)c2c(=O)[nH]1)C1(CC3)C(O)=c2c(=O)c3c(=O)cc(OC)c(=O)c=3c(=O)c2=C1O.CCCCCc1cc2c(Br)c3c(c(O)c2c(=O)[nH]1)C1(CC3)C(O)=c2c(=O)c3c(=O)cc(OC)c(=O)c=3c(=O)c2=C1O.CCCCCc1cc2cc3c(c(O)c2c(=O)[nH]1)C1(CC3)C(O)=c2c(=O)c3c(=O)cc(OC)c(=O)c=3c(=O)c2=C1O. The summed E-state index contributed by atoms with van der Waals surface area (Å²) in [6.07, 6.45) is 14.5. The van der Waals surface area contributed by atoms with Crippen molar-refractivity contribution in [3.05, 3.63) is 338 Å². The maximum absolute atomic E-state index is 13.6. The molecule has 30 nitrogen and oxygen atoms in total. The maximum Gasteiger partial charge on any atom is 0.260 e. The molecule has 3 heterocycles. The van der Waals surface area contributed by atoms with Crippen LogP contribution in [0.15, 0.2) is 143 Å². The fraction of sp³-hybridized carbons (Fsp3) is 0.264. The molecule has 6 aromatic rings. The number of pyridine rings is 3. The van der Waals surface area contributed by atoms with Crippen LogP contribution in [-0.2, 0) is 48.3 Å². The van der Waals surface area contributed by atoms with E-state index in [2.05, 4.69) is 73.0 Å². The summed E-state index contributed by atoms with van der Waals surface area (Å²) < 4.78 is 15.2. The number of ether oxygens (including phenoxy) is 3. The fourth-order valence-corrected chi connectivity index (χ4v) is 19.9. The smallest absolute Gasteiger partial charge is 0.260 e. The van der Waals surface area contributed by atoms with Crippen LogP contribution in [0.5, 0.6) is 34.5 Å². The number of hydrogen-bond acceptors (Lipinski definition) is 27. The number of aromatic nitrogens is 3. The number of aryl methyl sites for hydroxylation is 4. The molecule has 124 heavy (non-hydrogen) atoms. The van der Waals surface area contributed by atoms with Crippen LogP contribution in [0, 0.1) is 31.3 Å². The number of H-pyrrole nitrogens is 3. The molecule has 33 heteroatoms. The van der Waals surface area contributed by atoms with Crippen molar-refractivity contribution in [2.75, 3.05) is 21.3 Å². The number of fused-ring (bicyclic) bond motifs is 12. The van der Waals surface area contributed by atoms with Crippen molar-refractivity contribution in [1.82, 2.24) is 15.0 Å². The van der Waals surface area contributed by atoms with Gasteiger partial charge in [-0.1, -0.05) is 77.3 Å². The molecule has 12 aliphatic carbocycles. The molecular formula is C91H74Br3N3O27. The van der Waals surface area contributed by atoms with Crippen molar-refractivity contribution >= 4 is 117 Å². The van der Waals surface area contributed by atoms with Crippen molar-refractivity contribution < 1.29 is 60.2 Å². The van der Waals surface area contributed by atoms with Gasteiger partial charge < -0.3 is 75.1 Å². The van der Waals surface area contributed by atoms with Gasteiger partial charge in [0.2, 0.25) is 48.9 Å². The van der Waals surface area contributed by atoms with Gasteiger partial charge in [0.05, 0.1) is 100 Å². The second kappa shape index (κ2) is 31.9. The topological polar surface area (TPSA) is 513 Å². The molecule has 12 aliphatic rings. The summed E-state index contributed by atoms with van der Waals surface area (Å²) in [5.74, 6) is -7.22. The number of unbranched alkanes of at least 4 members (excludes halogenated alkanes) is 4. The van der Waals surface area contributed by atoms with E-state index in [0.717, 1.165) is 78.1 Å². The third-order valence-corrected chi connectivity index (χ3v) is 25.6. The number of hydrogen-bond donors (Lipinski definition) is 12. The number of phenolic OH excluding ortho intramolecular Hbond substituents is 3. The number of aliphatic hydroxyl groups excluding tert-OH is 6. The third kappa shape index (κ3) is 12.0. The van der Waals surface area contributed by atoms with Gasteiger partial charge in [-0.05, 0) is 139 Å². The minimum Gasteiger partial charge on any atom is -0.510 e. The Morgan fingerprint density at radius 1 is 0.387 bits per heavy atom. The quantitative estimate of drug-likeness (QED) is 0.0578. The molecule has 3 atom stereocenters. The van der Waals surface area contributed by atoms with Crippen LogP contribution in [0.2, 0.25) is 0 Å². The number of aromatic hydroxyl groups is 3. The first kappa shape index (κ1) is 87.1. The van der Waals surface area contributed by atoms with Crippen LogP contribution in [0.25, 0.3) is 72.9 Å². The molecule has 0 radical (unpaired) electrons. The molecule has 0 aliphatic heterocycles. The lowest BCUT2D eigenvalue weighted by molar-refractivity contribution is 0.361. The molecule has 0 fully saturated rings. The second-order valence-corrected chi connectivity index (χ2v) is 31.6. The molecule has 3 spiro atoms. The molecule has 0 saturated carbocycles. The van der Waals surface area contributed by atoms with Crippen LogP contribution >= 0.6 is 44.2 Å². The summed E-state index contributed by atoms with van der Waals surface area (Å²) in [6, 6.07) is 11.0. The van der Waals surface area contributed by atoms with Crippen molar-refractivity contribution in [2.45, 2.75) is 134 Å². The second-order valence-electron chi connectivity index (χ2n) is 30.9. The number of phenols is 3. The monoisotopic (exact) mass is 1880 g/mol. The van der Waals surface area contributed by atoms with Crippen molar-refractivity contribution in [1.29, 1.82) is 0 Å². The summed E-state index contributed by atoms with van der Waals surface area (Å²) in [4.78, 5) is 206. The molecule has 18 rings (SSSR count). The van der Waals surface area contributed by atoms with Gasteiger partial charge in [-0.2, -0.15) is 0 Å². The van der Waals surface area contributed by atoms with E-state index >= 15 is 0 Å². The van der Waals surface area contributed by atoms with E-state index in [4.69, 9.17) is 14.2 Å². The van der Waals surface area contributed by atoms with Gasteiger partial charge in [-0.25, -0.2) is 0 Å². The highest BCUT2D eigenvalue weighted by molar-refractivity contribution is 9.93. The molecule has 3 aromatic heterocycles. The molecule has 12 N–H and O–H groups in total. The Hall–Kier alpha value is -13.3. The molecule has 0 bridgehead atoms. The van der Waals surface area contributed by atoms with E-state index < -0.39 is 230 Å². The zero-order valence-electron chi connectivity index (χ0n) is 65.8. The van der Waals surface area contributed by atoms with Gasteiger partial charge in [0.15, 0.2) is 33.5 Å². The number of halogens is 3. The van der Waals surface area contributed by atoms with Crippen LogP contribution in [0.1, 0.15) is 136 Å². The number of benzene rings is 3. The molecule has 3 unspecified atom stereocenters. The summed E-state index contributed by atoms with van der Waals surface area (Å²) >= 11 is 9.06. The first-order valence-corrected chi connectivity index (χ1v) is 43.2. The Kier molecular flexibility index (Phi) is 22.4. The molecular weight excluding hydrogens is 1810 g/mol. The first-order valence-electron chi connectivity index (χ1n) is 38.7. The highest BCUT2D eigenvalue weighted by Gasteiger charge is 2.57. The Labute approximate surface area is 715 Å². The number of allylic oxidation sites excluding steroid dienone is 3. The van der Waals surface area contributed by atoms with E-state index in [1.165, 1.54) is 0 Å².